The normalized spacial score (nSPS) is 11.8. The maximum absolute atomic E-state index is 11.9. The van der Waals surface area contributed by atoms with Gasteiger partial charge >= 0.3 is 5.97 Å². The molecule has 1 atom stereocenters. The van der Waals surface area contributed by atoms with Crippen LogP contribution in [0.2, 0.25) is 0 Å². The lowest BCUT2D eigenvalue weighted by Gasteiger charge is -2.17. The fourth-order valence-corrected chi connectivity index (χ4v) is 2.90. The lowest BCUT2D eigenvalue weighted by Crippen LogP contribution is -2.33. The number of esters is 1. The summed E-state index contributed by atoms with van der Waals surface area (Å²) in [7, 11) is 1.67. The molecule has 1 amide bonds. The summed E-state index contributed by atoms with van der Waals surface area (Å²) in [6.45, 7) is 5.52. The van der Waals surface area contributed by atoms with Crippen LogP contribution in [0.15, 0.2) is 28.6 Å². The predicted molar refractivity (Wildman–Crippen MR) is 85.1 cm³/mol. The zero-order valence-electron chi connectivity index (χ0n) is 12.0. The molecule has 0 aliphatic heterocycles. The van der Waals surface area contributed by atoms with Crippen LogP contribution in [-0.4, -0.2) is 43.1 Å². The third-order valence-corrected chi connectivity index (χ3v) is 4.26. The Balaban J connectivity index is 2.35. The van der Waals surface area contributed by atoms with Crippen LogP contribution in [0, 0.1) is 0 Å². The topological polar surface area (TPSA) is 55.8 Å². The van der Waals surface area contributed by atoms with Gasteiger partial charge in [-0.3, -0.25) is 4.79 Å². The van der Waals surface area contributed by atoms with Gasteiger partial charge in [0.05, 0.1) is 13.2 Å². The second kappa shape index (κ2) is 8.96. The summed E-state index contributed by atoms with van der Waals surface area (Å²) in [5, 5.41) is 1.95. The second-order valence-electron chi connectivity index (χ2n) is 4.35. The van der Waals surface area contributed by atoms with E-state index in [-0.39, 0.29) is 19.1 Å². The zero-order valence-corrected chi connectivity index (χ0v) is 14.4. The van der Waals surface area contributed by atoms with Crippen LogP contribution < -0.4 is 0 Å². The van der Waals surface area contributed by atoms with Crippen molar-refractivity contribution in [1.29, 1.82) is 0 Å². The molecule has 0 radical (unpaired) electrons. The molecule has 1 heterocycles. The van der Waals surface area contributed by atoms with Crippen LogP contribution in [0.25, 0.3) is 0 Å². The first-order chi connectivity index (χ1) is 9.93. The highest BCUT2D eigenvalue weighted by atomic mass is 79.9. The second-order valence-corrected chi connectivity index (χ2v) is 6.26. The Bertz CT molecular complexity index is 503. The van der Waals surface area contributed by atoms with Gasteiger partial charge in [0.15, 0.2) is 12.7 Å². The van der Waals surface area contributed by atoms with Gasteiger partial charge in [-0.15, -0.1) is 17.9 Å². The Hall–Kier alpha value is -1.18. The van der Waals surface area contributed by atoms with Gasteiger partial charge in [0.25, 0.3) is 5.91 Å². The molecule has 0 aliphatic carbocycles. The summed E-state index contributed by atoms with van der Waals surface area (Å²) in [4.78, 5) is 26.0. The van der Waals surface area contributed by atoms with Gasteiger partial charge in [-0.1, -0.05) is 6.08 Å². The fourth-order valence-electron chi connectivity index (χ4n) is 1.40. The molecule has 0 saturated carbocycles. The highest BCUT2D eigenvalue weighted by Crippen LogP contribution is 2.20. The van der Waals surface area contributed by atoms with Crippen LogP contribution in [0.5, 0.6) is 0 Å². The first-order valence-corrected chi connectivity index (χ1v) is 7.97. The SMILES string of the molecule is C=CCOC(C)C(=O)OCC(=O)N(C)Cc1cc(Br)cs1. The van der Waals surface area contributed by atoms with Crippen molar-refractivity contribution in [2.24, 2.45) is 0 Å². The van der Waals surface area contributed by atoms with E-state index in [0.717, 1.165) is 9.35 Å². The zero-order chi connectivity index (χ0) is 15.8. The Morgan fingerprint density at radius 3 is 2.86 bits per heavy atom. The maximum Gasteiger partial charge on any atom is 0.335 e. The van der Waals surface area contributed by atoms with Gasteiger partial charge < -0.3 is 14.4 Å². The summed E-state index contributed by atoms with van der Waals surface area (Å²) < 4.78 is 11.0. The van der Waals surface area contributed by atoms with Crippen molar-refractivity contribution >= 4 is 39.1 Å². The molecule has 0 saturated heterocycles. The van der Waals surface area contributed by atoms with E-state index in [1.807, 2.05) is 11.4 Å². The van der Waals surface area contributed by atoms with Gasteiger partial charge in [0.1, 0.15) is 0 Å². The lowest BCUT2D eigenvalue weighted by molar-refractivity contribution is -0.160. The number of ether oxygens (including phenoxy) is 2. The number of hydrogen-bond donors (Lipinski definition) is 0. The lowest BCUT2D eigenvalue weighted by atomic mass is 10.4. The molecule has 5 nitrogen and oxygen atoms in total. The van der Waals surface area contributed by atoms with E-state index in [1.165, 1.54) is 4.90 Å². The number of likely N-dealkylation sites (N-methyl/N-ethyl adjacent to an activating group) is 1. The van der Waals surface area contributed by atoms with Gasteiger partial charge in [0, 0.05) is 21.8 Å². The number of halogens is 1. The van der Waals surface area contributed by atoms with Gasteiger partial charge in [-0.25, -0.2) is 4.79 Å². The third kappa shape index (κ3) is 6.41. The average molecular weight is 376 g/mol. The molecule has 0 aliphatic rings. The van der Waals surface area contributed by atoms with E-state index in [4.69, 9.17) is 9.47 Å². The number of amides is 1. The Morgan fingerprint density at radius 1 is 1.57 bits per heavy atom. The minimum atomic E-state index is -0.714. The first kappa shape index (κ1) is 17.9. The van der Waals surface area contributed by atoms with E-state index in [9.17, 15) is 9.59 Å². The van der Waals surface area contributed by atoms with E-state index >= 15 is 0 Å². The van der Waals surface area contributed by atoms with Crippen LogP contribution in [-0.2, 0) is 25.6 Å². The van der Waals surface area contributed by atoms with Gasteiger partial charge in [0.2, 0.25) is 0 Å². The molecule has 7 heteroatoms. The van der Waals surface area contributed by atoms with E-state index in [1.54, 1.807) is 31.4 Å². The molecular formula is C14H18BrNO4S. The van der Waals surface area contributed by atoms with E-state index < -0.39 is 12.1 Å². The Kier molecular flexibility index (Phi) is 7.63. The monoisotopic (exact) mass is 375 g/mol. The molecule has 0 aromatic carbocycles. The number of thiophene rings is 1. The molecule has 0 fully saturated rings. The van der Waals surface area contributed by atoms with Crippen molar-refractivity contribution in [3.8, 4) is 0 Å². The van der Waals surface area contributed by atoms with Crippen molar-refractivity contribution in [1.82, 2.24) is 4.90 Å². The minimum absolute atomic E-state index is 0.260. The van der Waals surface area contributed by atoms with Gasteiger partial charge in [-0.2, -0.15) is 0 Å². The van der Waals surface area contributed by atoms with Gasteiger partial charge in [-0.05, 0) is 28.9 Å². The minimum Gasteiger partial charge on any atom is -0.454 e. The molecule has 116 valence electrons. The van der Waals surface area contributed by atoms with Crippen molar-refractivity contribution in [3.63, 3.8) is 0 Å². The molecule has 0 bridgehead atoms. The van der Waals surface area contributed by atoms with Crippen LogP contribution in [0.3, 0.4) is 0 Å². The highest BCUT2D eigenvalue weighted by molar-refractivity contribution is 9.10. The summed E-state index contributed by atoms with van der Waals surface area (Å²) in [5.74, 6) is -0.818. The third-order valence-electron chi connectivity index (χ3n) is 2.57. The maximum atomic E-state index is 11.9. The summed E-state index contributed by atoms with van der Waals surface area (Å²) in [6.07, 6.45) is 0.830. The van der Waals surface area contributed by atoms with Crippen LogP contribution >= 0.6 is 27.3 Å². The Morgan fingerprint density at radius 2 is 2.29 bits per heavy atom. The summed E-state index contributed by atoms with van der Waals surface area (Å²) in [6, 6.07) is 1.95. The first-order valence-electron chi connectivity index (χ1n) is 6.30. The molecule has 1 aromatic rings. The standard InChI is InChI=1S/C14H18BrNO4S/c1-4-5-19-10(2)14(18)20-8-13(17)16(3)7-12-6-11(15)9-21-12/h4,6,9-10H,1,5,7-8H2,2-3H3. The van der Waals surface area contributed by atoms with Crippen molar-refractivity contribution in [2.75, 3.05) is 20.3 Å². The largest absolute Gasteiger partial charge is 0.454 e. The smallest absolute Gasteiger partial charge is 0.335 e. The Labute approximate surface area is 136 Å². The quantitative estimate of drug-likeness (QED) is 0.517. The van der Waals surface area contributed by atoms with Crippen molar-refractivity contribution < 1.29 is 19.1 Å². The van der Waals surface area contributed by atoms with E-state index in [2.05, 4.69) is 22.5 Å². The molecular weight excluding hydrogens is 358 g/mol. The number of carbonyl (C=O) groups is 2. The number of carbonyl (C=O) groups excluding carboxylic acids is 2. The number of hydrogen-bond acceptors (Lipinski definition) is 5. The van der Waals surface area contributed by atoms with E-state index in [0.29, 0.717) is 6.54 Å². The molecule has 1 unspecified atom stereocenters. The molecule has 0 N–H and O–H groups in total. The predicted octanol–water partition coefficient (Wildman–Crippen LogP) is 2.60. The fraction of sp³-hybridized carbons (Fsp3) is 0.429. The number of nitrogens with zero attached hydrogens (tertiary/aromatic N) is 1. The summed E-state index contributed by atoms with van der Waals surface area (Å²) in [5.41, 5.74) is 0. The van der Waals surface area contributed by atoms with Crippen LogP contribution in [0.1, 0.15) is 11.8 Å². The molecule has 1 aromatic heterocycles. The molecule has 21 heavy (non-hydrogen) atoms. The summed E-state index contributed by atoms with van der Waals surface area (Å²) >= 11 is 4.92. The highest BCUT2D eigenvalue weighted by Gasteiger charge is 2.18. The van der Waals surface area contributed by atoms with Crippen molar-refractivity contribution in [2.45, 2.75) is 19.6 Å². The molecule has 1 rings (SSSR count). The number of rotatable bonds is 8. The van der Waals surface area contributed by atoms with Crippen LogP contribution in [0.4, 0.5) is 0 Å². The molecule has 0 spiro atoms. The van der Waals surface area contributed by atoms with Crippen molar-refractivity contribution in [3.05, 3.63) is 33.5 Å². The average Bonchev–Trinajstić information content (AvgIpc) is 2.86.